The number of rotatable bonds is 5. The van der Waals surface area contributed by atoms with Gasteiger partial charge in [0, 0.05) is 22.8 Å². The Balaban J connectivity index is 1.84. The lowest BCUT2D eigenvalue weighted by Crippen LogP contribution is -2.42. The molecular weight excluding hydrogens is 413 g/mol. The molecule has 0 bridgehead atoms. The van der Waals surface area contributed by atoms with Crippen LogP contribution in [-0.2, 0) is 14.3 Å². The third-order valence-electron chi connectivity index (χ3n) is 4.92. The number of carbonyl (C=O) groups excluding carboxylic acids is 2. The van der Waals surface area contributed by atoms with E-state index in [9.17, 15) is 9.59 Å². The maximum atomic E-state index is 12.8. The molecular formula is C21H21Cl2N3O3. The highest BCUT2D eigenvalue weighted by molar-refractivity contribution is 6.31. The molecule has 0 N–H and O–H groups in total. The van der Waals surface area contributed by atoms with Gasteiger partial charge in [0.25, 0.3) is 0 Å². The Morgan fingerprint density at radius 2 is 1.66 bits per heavy atom. The predicted molar refractivity (Wildman–Crippen MR) is 115 cm³/mol. The third kappa shape index (κ3) is 4.38. The second-order valence-electron chi connectivity index (χ2n) is 7.03. The first kappa shape index (κ1) is 21.1. The molecule has 1 atom stereocenters. The van der Waals surface area contributed by atoms with E-state index in [1.54, 1.807) is 67.5 Å². The molecule has 2 aromatic carbocycles. The number of carbonyl (C=O) groups is 2. The van der Waals surface area contributed by atoms with Gasteiger partial charge >= 0.3 is 5.97 Å². The predicted octanol–water partition coefficient (Wildman–Crippen LogP) is 3.86. The van der Waals surface area contributed by atoms with Crippen LogP contribution in [0.2, 0.25) is 10.0 Å². The number of nitrogens with zero attached hydrogens (tertiary/aromatic N) is 3. The summed E-state index contributed by atoms with van der Waals surface area (Å²) >= 11 is 11.9. The molecule has 3 rings (SSSR count). The minimum atomic E-state index is -0.998. The number of ether oxygens (including phenoxy) is 1. The van der Waals surface area contributed by atoms with Crippen LogP contribution in [0.15, 0.2) is 53.6 Å². The highest BCUT2D eigenvalue weighted by atomic mass is 35.5. The second-order valence-corrected chi connectivity index (χ2v) is 7.90. The Labute approximate surface area is 179 Å². The van der Waals surface area contributed by atoms with E-state index in [0.29, 0.717) is 15.8 Å². The molecule has 1 aliphatic heterocycles. The highest BCUT2D eigenvalue weighted by Crippen LogP contribution is 2.33. The summed E-state index contributed by atoms with van der Waals surface area (Å²) in [6.45, 7) is 2.01. The lowest BCUT2D eigenvalue weighted by atomic mass is 9.82. The van der Waals surface area contributed by atoms with Crippen molar-refractivity contribution in [2.24, 2.45) is 10.5 Å². The van der Waals surface area contributed by atoms with E-state index in [1.165, 1.54) is 12.0 Å². The Bertz CT molecular complexity index is 945. The summed E-state index contributed by atoms with van der Waals surface area (Å²) in [6.07, 6.45) is 0. The smallest absolute Gasteiger partial charge is 0.319 e. The number of hydrogen-bond donors (Lipinski definition) is 0. The van der Waals surface area contributed by atoms with E-state index in [1.807, 2.05) is 0 Å². The summed E-state index contributed by atoms with van der Waals surface area (Å²) in [5.74, 6) is -0.576. The lowest BCUT2D eigenvalue weighted by molar-refractivity contribution is -0.148. The summed E-state index contributed by atoms with van der Waals surface area (Å²) in [7, 11) is 3.03. The highest BCUT2D eigenvalue weighted by Gasteiger charge is 2.47. The van der Waals surface area contributed by atoms with Gasteiger partial charge < -0.3 is 9.64 Å². The van der Waals surface area contributed by atoms with Gasteiger partial charge in [0.15, 0.2) is 0 Å². The third-order valence-corrected chi connectivity index (χ3v) is 5.43. The molecule has 0 aromatic heterocycles. The number of hydrazone groups is 1. The van der Waals surface area contributed by atoms with E-state index in [-0.39, 0.29) is 19.0 Å². The van der Waals surface area contributed by atoms with Crippen molar-refractivity contribution >= 4 is 46.5 Å². The van der Waals surface area contributed by atoms with E-state index in [4.69, 9.17) is 27.9 Å². The number of halogens is 2. The normalized spacial score (nSPS) is 18.4. The zero-order chi connectivity index (χ0) is 21.2. The molecule has 6 nitrogen and oxygen atoms in total. The van der Waals surface area contributed by atoms with Crippen LogP contribution in [0.4, 0.5) is 5.69 Å². The number of esters is 1. The molecule has 1 amide bonds. The van der Waals surface area contributed by atoms with Gasteiger partial charge in [-0.2, -0.15) is 5.10 Å². The lowest BCUT2D eigenvalue weighted by Gasteiger charge is -2.25. The van der Waals surface area contributed by atoms with Gasteiger partial charge in [-0.15, -0.1) is 0 Å². The van der Waals surface area contributed by atoms with Gasteiger partial charge in [0.2, 0.25) is 5.91 Å². The zero-order valence-corrected chi connectivity index (χ0v) is 17.9. The topological polar surface area (TPSA) is 62.2 Å². The molecule has 0 saturated heterocycles. The zero-order valence-electron chi connectivity index (χ0n) is 16.4. The van der Waals surface area contributed by atoms with Gasteiger partial charge in [-0.25, -0.2) is 0 Å². The SMILES string of the molecule is COC(=O)C1(C)CN(CC(=O)N(C)c2ccc(Cl)cc2)N=C1c1ccc(Cl)cc1. The Morgan fingerprint density at radius 1 is 1.10 bits per heavy atom. The van der Waals surface area contributed by atoms with Crippen LogP contribution in [-0.4, -0.2) is 49.8 Å². The first-order valence-corrected chi connectivity index (χ1v) is 9.70. The summed E-state index contributed by atoms with van der Waals surface area (Å²) in [5.41, 5.74) is 1.02. The summed E-state index contributed by atoms with van der Waals surface area (Å²) in [6, 6.07) is 14.1. The van der Waals surface area contributed by atoms with Gasteiger partial charge in [0.1, 0.15) is 12.0 Å². The number of likely N-dealkylation sites (N-methyl/N-ethyl adjacent to an activating group) is 1. The van der Waals surface area contributed by atoms with Crippen molar-refractivity contribution in [1.29, 1.82) is 0 Å². The molecule has 0 fully saturated rings. The Morgan fingerprint density at radius 3 is 2.21 bits per heavy atom. The molecule has 0 saturated carbocycles. The van der Waals surface area contributed by atoms with Gasteiger partial charge in [0.05, 0.1) is 19.4 Å². The van der Waals surface area contributed by atoms with Crippen LogP contribution in [0.1, 0.15) is 12.5 Å². The average Bonchev–Trinajstić information content (AvgIpc) is 3.05. The summed E-state index contributed by atoms with van der Waals surface area (Å²) in [4.78, 5) is 26.8. The molecule has 1 heterocycles. The van der Waals surface area contributed by atoms with Crippen LogP contribution in [0.5, 0.6) is 0 Å². The number of benzene rings is 2. The van der Waals surface area contributed by atoms with Crippen molar-refractivity contribution in [2.75, 3.05) is 32.1 Å². The molecule has 152 valence electrons. The second kappa shape index (κ2) is 8.43. The summed E-state index contributed by atoms with van der Waals surface area (Å²) < 4.78 is 5.01. The number of methoxy groups -OCH3 is 1. The number of anilines is 1. The molecule has 29 heavy (non-hydrogen) atoms. The summed E-state index contributed by atoms with van der Waals surface area (Å²) in [5, 5.41) is 7.35. The van der Waals surface area contributed by atoms with Crippen LogP contribution in [0, 0.1) is 5.41 Å². The van der Waals surface area contributed by atoms with Crippen molar-refractivity contribution < 1.29 is 14.3 Å². The standard InChI is InChI=1S/C21H21Cl2N3O3/c1-21(20(28)29-3)13-26(24-19(21)14-4-6-15(22)7-5-14)12-18(27)25(2)17-10-8-16(23)9-11-17/h4-11H,12-13H2,1-3H3. The van der Waals surface area contributed by atoms with Crippen molar-refractivity contribution in [2.45, 2.75) is 6.92 Å². The van der Waals surface area contributed by atoms with E-state index in [2.05, 4.69) is 5.10 Å². The van der Waals surface area contributed by atoms with Gasteiger partial charge in [-0.1, -0.05) is 35.3 Å². The number of hydrogen-bond acceptors (Lipinski definition) is 5. The molecule has 2 aromatic rings. The molecule has 0 spiro atoms. The van der Waals surface area contributed by atoms with Crippen LogP contribution >= 0.6 is 23.2 Å². The fourth-order valence-corrected chi connectivity index (χ4v) is 3.51. The quantitative estimate of drug-likeness (QED) is 0.671. The van der Waals surface area contributed by atoms with Crippen LogP contribution in [0.25, 0.3) is 0 Å². The van der Waals surface area contributed by atoms with Crippen molar-refractivity contribution in [3.05, 3.63) is 64.1 Å². The van der Waals surface area contributed by atoms with Gasteiger partial charge in [-0.3, -0.25) is 14.6 Å². The van der Waals surface area contributed by atoms with E-state index >= 15 is 0 Å². The molecule has 1 aliphatic rings. The van der Waals surface area contributed by atoms with Crippen molar-refractivity contribution in [3.8, 4) is 0 Å². The van der Waals surface area contributed by atoms with Crippen LogP contribution in [0.3, 0.4) is 0 Å². The Kier molecular flexibility index (Phi) is 6.15. The Hall–Kier alpha value is -2.57. The first-order valence-electron chi connectivity index (χ1n) is 8.95. The maximum absolute atomic E-state index is 12.8. The first-order chi connectivity index (χ1) is 13.7. The molecule has 0 aliphatic carbocycles. The number of amides is 1. The van der Waals surface area contributed by atoms with Gasteiger partial charge in [-0.05, 0) is 48.9 Å². The van der Waals surface area contributed by atoms with Crippen LogP contribution < -0.4 is 4.90 Å². The minimum absolute atomic E-state index is 0.0167. The maximum Gasteiger partial charge on any atom is 0.319 e. The monoisotopic (exact) mass is 433 g/mol. The molecule has 1 unspecified atom stereocenters. The average molecular weight is 434 g/mol. The largest absolute Gasteiger partial charge is 0.468 e. The fraction of sp³-hybridized carbons (Fsp3) is 0.286. The van der Waals surface area contributed by atoms with Crippen molar-refractivity contribution in [1.82, 2.24) is 5.01 Å². The molecule has 0 radical (unpaired) electrons. The van der Waals surface area contributed by atoms with E-state index < -0.39 is 11.4 Å². The molecule has 8 heteroatoms. The van der Waals surface area contributed by atoms with E-state index in [0.717, 1.165) is 11.3 Å². The fourth-order valence-electron chi connectivity index (χ4n) is 3.26. The van der Waals surface area contributed by atoms with Crippen molar-refractivity contribution in [3.63, 3.8) is 0 Å². The minimum Gasteiger partial charge on any atom is -0.468 e.